The highest BCUT2D eigenvalue weighted by atomic mass is 35.5. The summed E-state index contributed by atoms with van der Waals surface area (Å²) in [4.78, 5) is 0. The van der Waals surface area contributed by atoms with E-state index in [0.717, 1.165) is 5.56 Å². The predicted octanol–water partition coefficient (Wildman–Crippen LogP) is 3.93. The van der Waals surface area contributed by atoms with Gasteiger partial charge in [0.15, 0.2) is 0 Å². The average Bonchev–Trinajstić information content (AvgIpc) is 2.73. The van der Waals surface area contributed by atoms with Crippen LogP contribution in [0.4, 0.5) is 4.39 Å². The first-order chi connectivity index (χ1) is 8.03. The predicted molar refractivity (Wildman–Crippen MR) is 69.7 cm³/mol. The molecule has 1 nitrogen and oxygen atoms in total. The number of rotatable bonds is 3. The van der Waals surface area contributed by atoms with Crippen molar-refractivity contribution < 1.29 is 4.39 Å². The molecule has 1 atom stereocenters. The van der Waals surface area contributed by atoms with E-state index in [-0.39, 0.29) is 22.3 Å². The SMILES string of the molecule is CC1(C(N)Cc2cccc(F)c2Cl)CCCC1. The van der Waals surface area contributed by atoms with Crippen molar-refractivity contribution in [1.29, 1.82) is 0 Å². The number of nitrogens with two attached hydrogens (primary N) is 1. The van der Waals surface area contributed by atoms with Gasteiger partial charge in [0.2, 0.25) is 0 Å². The molecule has 1 aromatic rings. The minimum absolute atomic E-state index is 0.0595. The van der Waals surface area contributed by atoms with E-state index in [4.69, 9.17) is 17.3 Å². The lowest BCUT2D eigenvalue weighted by Gasteiger charge is -2.31. The second-order valence-corrected chi connectivity index (χ2v) is 5.76. The summed E-state index contributed by atoms with van der Waals surface area (Å²) in [6.07, 6.45) is 5.50. The second kappa shape index (κ2) is 4.95. The van der Waals surface area contributed by atoms with E-state index in [2.05, 4.69) is 6.92 Å². The van der Waals surface area contributed by atoms with E-state index >= 15 is 0 Å². The fraction of sp³-hybridized carbons (Fsp3) is 0.571. The van der Waals surface area contributed by atoms with Crippen molar-refractivity contribution in [3.63, 3.8) is 0 Å². The van der Waals surface area contributed by atoms with E-state index < -0.39 is 0 Å². The molecule has 1 fully saturated rings. The highest BCUT2D eigenvalue weighted by Crippen LogP contribution is 2.41. The van der Waals surface area contributed by atoms with Crippen LogP contribution in [0.15, 0.2) is 18.2 Å². The van der Waals surface area contributed by atoms with Crippen LogP contribution < -0.4 is 5.73 Å². The van der Waals surface area contributed by atoms with Gasteiger partial charge in [0.05, 0.1) is 5.02 Å². The summed E-state index contributed by atoms with van der Waals surface area (Å²) >= 11 is 5.96. The van der Waals surface area contributed by atoms with Crippen LogP contribution in [-0.2, 0) is 6.42 Å². The zero-order chi connectivity index (χ0) is 12.5. The number of hydrogen-bond donors (Lipinski definition) is 1. The van der Waals surface area contributed by atoms with Gasteiger partial charge >= 0.3 is 0 Å². The monoisotopic (exact) mass is 255 g/mol. The number of halogens is 2. The molecule has 0 aromatic heterocycles. The quantitative estimate of drug-likeness (QED) is 0.870. The Labute approximate surface area is 107 Å². The molecule has 0 spiro atoms. The molecule has 0 saturated heterocycles. The molecule has 1 aliphatic rings. The largest absolute Gasteiger partial charge is 0.327 e. The van der Waals surface area contributed by atoms with Crippen LogP contribution >= 0.6 is 11.6 Å². The van der Waals surface area contributed by atoms with Crippen molar-refractivity contribution in [1.82, 2.24) is 0 Å². The maximum Gasteiger partial charge on any atom is 0.142 e. The summed E-state index contributed by atoms with van der Waals surface area (Å²) in [5.74, 6) is -0.354. The minimum Gasteiger partial charge on any atom is -0.327 e. The van der Waals surface area contributed by atoms with Crippen LogP contribution in [0.25, 0.3) is 0 Å². The molecule has 2 N–H and O–H groups in total. The summed E-state index contributed by atoms with van der Waals surface area (Å²) in [5, 5.41) is 0.226. The summed E-state index contributed by atoms with van der Waals surface area (Å²) < 4.78 is 13.3. The highest BCUT2D eigenvalue weighted by Gasteiger charge is 2.34. The normalized spacial score (nSPS) is 20.5. The van der Waals surface area contributed by atoms with Crippen molar-refractivity contribution >= 4 is 11.6 Å². The number of hydrogen-bond acceptors (Lipinski definition) is 1. The third kappa shape index (κ3) is 2.63. The first kappa shape index (κ1) is 12.8. The van der Waals surface area contributed by atoms with Crippen molar-refractivity contribution in [2.45, 2.75) is 45.1 Å². The van der Waals surface area contributed by atoms with Gasteiger partial charge < -0.3 is 5.73 Å². The molecule has 0 radical (unpaired) electrons. The Morgan fingerprint density at radius 2 is 2.06 bits per heavy atom. The fourth-order valence-electron chi connectivity index (χ4n) is 2.74. The summed E-state index contributed by atoms with van der Waals surface area (Å²) in [5.41, 5.74) is 7.30. The van der Waals surface area contributed by atoms with Crippen LogP contribution in [-0.4, -0.2) is 6.04 Å². The first-order valence-electron chi connectivity index (χ1n) is 6.21. The van der Waals surface area contributed by atoms with Gasteiger partial charge in [-0.05, 0) is 36.3 Å². The molecule has 3 heteroatoms. The van der Waals surface area contributed by atoms with Gasteiger partial charge in [-0.2, -0.15) is 0 Å². The van der Waals surface area contributed by atoms with Crippen molar-refractivity contribution in [3.05, 3.63) is 34.6 Å². The molecule has 2 rings (SSSR count). The number of benzene rings is 1. The standard InChI is InChI=1S/C14H19ClFN/c1-14(7-2-3-8-14)12(17)9-10-5-4-6-11(16)13(10)15/h4-6,12H,2-3,7-9,17H2,1H3. The van der Waals surface area contributed by atoms with E-state index in [1.165, 1.54) is 31.7 Å². The minimum atomic E-state index is -0.354. The zero-order valence-electron chi connectivity index (χ0n) is 10.2. The maximum absolute atomic E-state index is 13.3. The van der Waals surface area contributed by atoms with E-state index in [0.29, 0.717) is 6.42 Å². The second-order valence-electron chi connectivity index (χ2n) is 5.38. The van der Waals surface area contributed by atoms with Gasteiger partial charge in [0.1, 0.15) is 5.82 Å². The van der Waals surface area contributed by atoms with Gasteiger partial charge in [-0.15, -0.1) is 0 Å². The molecular weight excluding hydrogens is 237 g/mol. The lowest BCUT2D eigenvalue weighted by Crippen LogP contribution is -2.39. The Balaban J connectivity index is 2.12. The van der Waals surface area contributed by atoms with Crippen LogP contribution in [0, 0.1) is 11.2 Å². The molecule has 94 valence electrons. The van der Waals surface area contributed by atoms with Crippen molar-refractivity contribution in [3.8, 4) is 0 Å². The summed E-state index contributed by atoms with van der Waals surface area (Å²) in [7, 11) is 0. The Morgan fingerprint density at radius 3 is 2.71 bits per heavy atom. The first-order valence-corrected chi connectivity index (χ1v) is 6.59. The highest BCUT2D eigenvalue weighted by molar-refractivity contribution is 6.31. The molecular formula is C14H19ClFN. The lowest BCUT2D eigenvalue weighted by molar-refractivity contribution is 0.260. The molecule has 17 heavy (non-hydrogen) atoms. The molecule has 1 unspecified atom stereocenters. The summed E-state index contributed by atoms with van der Waals surface area (Å²) in [6, 6.07) is 5.00. The molecule has 1 aliphatic carbocycles. The van der Waals surface area contributed by atoms with Crippen molar-refractivity contribution in [2.24, 2.45) is 11.1 Å². The van der Waals surface area contributed by atoms with Gasteiger partial charge in [-0.1, -0.05) is 43.5 Å². The Bertz CT molecular complexity index is 399. The van der Waals surface area contributed by atoms with Crippen LogP contribution in [0.5, 0.6) is 0 Å². The molecule has 0 aliphatic heterocycles. The van der Waals surface area contributed by atoms with E-state index in [9.17, 15) is 4.39 Å². The smallest absolute Gasteiger partial charge is 0.142 e. The summed E-state index contributed by atoms with van der Waals surface area (Å²) in [6.45, 7) is 2.23. The van der Waals surface area contributed by atoms with E-state index in [1.807, 2.05) is 6.07 Å². The molecule has 1 saturated carbocycles. The van der Waals surface area contributed by atoms with Crippen LogP contribution in [0.3, 0.4) is 0 Å². The Kier molecular flexibility index (Phi) is 3.74. The Morgan fingerprint density at radius 1 is 1.41 bits per heavy atom. The lowest BCUT2D eigenvalue weighted by atomic mass is 9.78. The molecule has 0 amide bonds. The van der Waals surface area contributed by atoms with E-state index in [1.54, 1.807) is 6.07 Å². The van der Waals surface area contributed by atoms with Crippen LogP contribution in [0.2, 0.25) is 5.02 Å². The van der Waals surface area contributed by atoms with Gasteiger partial charge in [-0.3, -0.25) is 0 Å². The third-order valence-corrected chi connectivity index (χ3v) is 4.54. The fourth-order valence-corrected chi connectivity index (χ4v) is 2.95. The van der Waals surface area contributed by atoms with Crippen LogP contribution in [0.1, 0.15) is 38.2 Å². The zero-order valence-corrected chi connectivity index (χ0v) is 10.9. The van der Waals surface area contributed by atoms with Gasteiger partial charge in [-0.25, -0.2) is 4.39 Å². The maximum atomic E-state index is 13.3. The molecule has 0 bridgehead atoms. The molecule has 0 heterocycles. The third-order valence-electron chi connectivity index (χ3n) is 4.11. The van der Waals surface area contributed by atoms with Crippen molar-refractivity contribution in [2.75, 3.05) is 0 Å². The molecule has 1 aromatic carbocycles. The Hall–Kier alpha value is -0.600. The van der Waals surface area contributed by atoms with Gasteiger partial charge in [0, 0.05) is 6.04 Å². The topological polar surface area (TPSA) is 26.0 Å². The van der Waals surface area contributed by atoms with Gasteiger partial charge in [0.25, 0.3) is 0 Å². The average molecular weight is 256 g/mol.